The van der Waals surface area contributed by atoms with E-state index < -0.39 is 0 Å². The summed E-state index contributed by atoms with van der Waals surface area (Å²) >= 11 is 0. The molecule has 4 rings (SSSR count). The van der Waals surface area contributed by atoms with Crippen molar-refractivity contribution in [3.8, 4) is 17.0 Å². The summed E-state index contributed by atoms with van der Waals surface area (Å²) in [6, 6.07) is 17.8. The van der Waals surface area contributed by atoms with Crippen molar-refractivity contribution in [2.75, 3.05) is 0 Å². The van der Waals surface area contributed by atoms with Crippen LogP contribution in [-0.2, 0) is 4.79 Å². The fraction of sp³-hybridized carbons (Fsp3) is 0. The van der Waals surface area contributed by atoms with Crippen LogP contribution in [-0.4, -0.2) is 10.5 Å². The number of para-hydroxylation sites is 2. The number of carbonyl (C=O) groups is 1. The number of fused-ring (bicyclic) bond motifs is 5. The molecule has 0 saturated carbocycles. The molecule has 2 heterocycles. The van der Waals surface area contributed by atoms with E-state index in [4.69, 9.17) is 4.74 Å². The summed E-state index contributed by atoms with van der Waals surface area (Å²) in [5.74, 6) is 0.229. The molecule has 0 N–H and O–H groups in total. The van der Waals surface area contributed by atoms with Gasteiger partial charge in [0, 0.05) is 23.2 Å². The van der Waals surface area contributed by atoms with Gasteiger partial charge in [-0.25, -0.2) is 4.79 Å². The zero-order chi connectivity index (χ0) is 13.5. The molecule has 1 aliphatic heterocycles. The zero-order valence-electron chi connectivity index (χ0n) is 10.6. The number of hydrogen-bond acceptors (Lipinski definition) is 2. The molecule has 0 spiro atoms. The first-order valence-corrected chi connectivity index (χ1v) is 6.42. The third-order valence-corrected chi connectivity index (χ3v) is 3.48. The van der Waals surface area contributed by atoms with Gasteiger partial charge in [0.1, 0.15) is 5.75 Å². The summed E-state index contributed by atoms with van der Waals surface area (Å²) < 4.78 is 7.37. The summed E-state index contributed by atoms with van der Waals surface area (Å²) in [5, 5.41) is 1.14. The fourth-order valence-corrected chi connectivity index (χ4v) is 2.59. The quantitative estimate of drug-likeness (QED) is 0.456. The highest BCUT2D eigenvalue weighted by atomic mass is 16.5. The molecular weight excluding hydrogens is 250 g/mol. The van der Waals surface area contributed by atoms with Crippen LogP contribution in [0.1, 0.15) is 0 Å². The molecule has 0 amide bonds. The zero-order valence-corrected chi connectivity index (χ0v) is 10.6. The van der Waals surface area contributed by atoms with Crippen LogP contribution in [0.5, 0.6) is 5.75 Å². The summed E-state index contributed by atoms with van der Waals surface area (Å²) in [5.41, 5.74) is 3.01. The average molecular weight is 261 g/mol. The Kier molecular flexibility index (Phi) is 2.27. The molecule has 2 aromatic carbocycles. The van der Waals surface area contributed by atoms with Gasteiger partial charge in [-0.1, -0.05) is 30.3 Å². The predicted molar refractivity (Wildman–Crippen MR) is 78.3 cm³/mol. The average Bonchev–Trinajstić information content (AvgIpc) is 2.82. The first-order chi connectivity index (χ1) is 9.83. The monoisotopic (exact) mass is 261 g/mol. The number of aromatic nitrogens is 1. The molecule has 0 unspecified atom stereocenters. The lowest BCUT2D eigenvalue weighted by Gasteiger charge is -2.13. The molecule has 3 nitrogen and oxygen atoms in total. The van der Waals surface area contributed by atoms with Gasteiger partial charge >= 0.3 is 5.97 Å². The van der Waals surface area contributed by atoms with E-state index in [0.29, 0.717) is 5.75 Å². The second-order valence-corrected chi connectivity index (χ2v) is 4.69. The predicted octanol–water partition coefficient (Wildman–Crippen LogP) is 3.70. The van der Waals surface area contributed by atoms with Gasteiger partial charge in [0.2, 0.25) is 0 Å². The number of ether oxygens (including phenoxy) is 1. The highest BCUT2D eigenvalue weighted by Crippen LogP contribution is 2.35. The number of benzene rings is 2. The Bertz CT molecular complexity index is 858. The highest BCUT2D eigenvalue weighted by molar-refractivity contribution is 5.95. The molecule has 3 heteroatoms. The molecule has 0 atom stereocenters. The van der Waals surface area contributed by atoms with Crippen LogP contribution in [0.4, 0.5) is 0 Å². The van der Waals surface area contributed by atoms with Crippen molar-refractivity contribution in [2.45, 2.75) is 0 Å². The largest absolute Gasteiger partial charge is 0.423 e. The summed E-state index contributed by atoms with van der Waals surface area (Å²) in [4.78, 5) is 11.7. The van der Waals surface area contributed by atoms with Gasteiger partial charge in [-0.3, -0.25) is 0 Å². The standard InChI is InChI=1S/C17H11NO2/c19-17-9-10-18-14-7-3-1-5-12(14)11-15(18)13-6-2-4-8-16(13)20-17/h1-11H. The van der Waals surface area contributed by atoms with E-state index in [1.54, 1.807) is 6.20 Å². The molecule has 0 fully saturated rings. The van der Waals surface area contributed by atoms with Crippen molar-refractivity contribution in [1.29, 1.82) is 0 Å². The Morgan fingerprint density at radius 1 is 0.950 bits per heavy atom. The minimum atomic E-state index is -0.360. The van der Waals surface area contributed by atoms with Crippen molar-refractivity contribution in [2.24, 2.45) is 0 Å². The second-order valence-electron chi connectivity index (χ2n) is 4.69. The molecule has 20 heavy (non-hydrogen) atoms. The lowest BCUT2D eigenvalue weighted by Crippen LogP contribution is -2.08. The molecule has 0 radical (unpaired) electrons. The SMILES string of the molecule is O=C1C=Cn2c(cc3ccccc32)-c2ccccc2O1. The Labute approximate surface area is 115 Å². The molecule has 3 aromatic rings. The normalized spacial score (nSPS) is 13.3. The lowest BCUT2D eigenvalue weighted by molar-refractivity contribution is -0.128. The van der Waals surface area contributed by atoms with Crippen molar-refractivity contribution in [1.82, 2.24) is 4.57 Å². The molecular formula is C17H11NO2. The van der Waals surface area contributed by atoms with Crippen LogP contribution in [0.25, 0.3) is 28.4 Å². The third-order valence-electron chi connectivity index (χ3n) is 3.48. The molecule has 1 aromatic heterocycles. The Morgan fingerprint density at radius 2 is 1.75 bits per heavy atom. The maximum atomic E-state index is 11.7. The molecule has 0 bridgehead atoms. The Hall–Kier alpha value is -2.81. The van der Waals surface area contributed by atoms with Crippen LogP contribution >= 0.6 is 0 Å². The van der Waals surface area contributed by atoms with Crippen LogP contribution in [0.3, 0.4) is 0 Å². The van der Waals surface area contributed by atoms with Crippen molar-refractivity contribution >= 4 is 23.1 Å². The van der Waals surface area contributed by atoms with Crippen molar-refractivity contribution < 1.29 is 9.53 Å². The fourth-order valence-electron chi connectivity index (χ4n) is 2.59. The number of rotatable bonds is 0. The van der Waals surface area contributed by atoms with Crippen LogP contribution in [0, 0.1) is 0 Å². The van der Waals surface area contributed by atoms with Crippen LogP contribution in [0.2, 0.25) is 0 Å². The van der Waals surface area contributed by atoms with Gasteiger partial charge < -0.3 is 9.30 Å². The van der Waals surface area contributed by atoms with E-state index in [2.05, 4.69) is 12.1 Å². The summed E-state index contributed by atoms with van der Waals surface area (Å²) in [6.07, 6.45) is 3.21. The third kappa shape index (κ3) is 1.57. The van der Waals surface area contributed by atoms with Crippen molar-refractivity contribution in [3.05, 3.63) is 60.7 Å². The van der Waals surface area contributed by atoms with Gasteiger partial charge in [-0.15, -0.1) is 0 Å². The number of nitrogens with zero attached hydrogens (tertiary/aromatic N) is 1. The smallest absolute Gasteiger partial charge is 0.337 e. The Morgan fingerprint density at radius 3 is 2.70 bits per heavy atom. The van der Waals surface area contributed by atoms with E-state index >= 15 is 0 Å². The number of carbonyl (C=O) groups excluding carboxylic acids is 1. The molecule has 0 saturated heterocycles. The van der Waals surface area contributed by atoms with E-state index in [1.807, 2.05) is 47.0 Å². The van der Waals surface area contributed by atoms with Gasteiger partial charge in [0.05, 0.1) is 11.2 Å². The maximum Gasteiger partial charge on any atom is 0.337 e. The van der Waals surface area contributed by atoms with Gasteiger partial charge in [-0.05, 0) is 24.3 Å². The number of hydrogen-bond donors (Lipinski definition) is 0. The second kappa shape index (κ2) is 4.10. The van der Waals surface area contributed by atoms with E-state index in [-0.39, 0.29) is 5.97 Å². The maximum absolute atomic E-state index is 11.7. The first-order valence-electron chi connectivity index (χ1n) is 6.42. The number of esters is 1. The van der Waals surface area contributed by atoms with Crippen molar-refractivity contribution in [3.63, 3.8) is 0 Å². The van der Waals surface area contributed by atoms with E-state index in [1.165, 1.54) is 6.08 Å². The minimum Gasteiger partial charge on any atom is -0.423 e. The summed E-state index contributed by atoms with van der Waals surface area (Å²) in [6.45, 7) is 0. The minimum absolute atomic E-state index is 0.360. The summed E-state index contributed by atoms with van der Waals surface area (Å²) in [7, 11) is 0. The van der Waals surface area contributed by atoms with E-state index in [9.17, 15) is 4.79 Å². The molecule has 96 valence electrons. The van der Waals surface area contributed by atoms with Crippen LogP contribution in [0.15, 0.2) is 60.7 Å². The van der Waals surface area contributed by atoms with Gasteiger partial charge in [0.15, 0.2) is 0 Å². The molecule has 1 aliphatic rings. The van der Waals surface area contributed by atoms with E-state index in [0.717, 1.165) is 22.2 Å². The van der Waals surface area contributed by atoms with Gasteiger partial charge in [0.25, 0.3) is 0 Å². The first kappa shape index (κ1) is 11.1. The highest BCUT2D eigenvalue weighted by Gasteiger charge is 2.16. The van der Waals surface area contributed by atoms with Gasteiger partial charge in [-0.2, -0.15) is 0 Å². The Balaban J connectivity index is 2.12. The lowest BCUT2D eigenvalue weighted by atomic mass is 10.1. The topological polar surface area (TPSA) is 31.2 Å². The van der Waals surface area contributed by atoms with Crippen LogP contribution < -0.4 is 4.74 Å². The molecule has 0 aliphatic carbocycles.